The molecule has 2 aliphatic rings. The first-order chi connectivity index (χ1) is 7.86. The van der Waals surface area contributed by atoms with Crippen LogP contribution in [0.25, 0.3) is 0 Å². The molecule has 0 aliphatic carbocycles. The maximum absolute atomic E-state index is 11.8. The van der Waals surface area contributed by atoms with Gasteiger partial charge in [-0.3, -0.25) is 4.79 Å². The Morgan fingerprint density at radius 3 is 2.81 bits per heavy atom. The minimum absolute atomic E-state index is 0.0615. The van der Waals surface area contributed by atoms with Crippen molar-refractivity contribution in [2.24, 2.45) is 5.92 Å². The van der Waals surface area contributed by atoms with Crippen molar-refractivity contribution >= 4 is 5.91 Å². The van der Waals surface area contributed by atoms with E-state index in [-0.39, 0.29) is 11.9 Å². The van der Waals surface area contributed by atoms with Gasteiger partial charge in [-0.2, -0.15) is 0 Å². The molecule has 1 amide bonds. The quantitative estimate of drug-likeness (QED) is 0.584. The van der Waals surface area contributed by atoms with Crippen molar-refractivity contribution in [1.82, 2.24) is 16.0 Å². The molecular formula is C11H21N3O2. The molecule has 0 aromatic rings. The van der Waals surface area contributed by atoms with Crippen molar-refractivity contribution in [3.63, 3.8) is 0 Å². The average Bonchev–Trinajstić information content (AvgIpc) is 2.38. The molecule has 2 saturated heterocycles. The van der Waals surface area contributed by atoms with Gasteiger partial charge < -0.3 is 20.7 Å². The van der Waals surface area contributed by atoms with Crippen molar-refractivity contribution in [2.75, 3.05) is 39.4 Å². The van der Waals surface area contributed by atoms with Crippen molar-refractivity contribution in [1.29, 1.82) is 0 Å². The first-order valence-electron chi connectivity index (χ1n) is 6.16. The van der Waals surface area contributed by atoms with Crippen molar-refractivity contribution in [3.05, 3.63) is 0 Å². The van der Waals surface area contributed by atoms with Gasteiger partial charge in [0.05, 0.1) is 6.04 Å². The molecular weight excluding hydrogens is 206 g/mol. The topological polar surface area (TPSA) is 62.4 Å². The standard InChI is InChI=1S/C11H21N3O2/c15-11(10-8-12-3-4-13-10)14-7-9-1-5-16-6-2-9/h9-10,12-13H,1-8H2,(H,14,15). The van der Waals surface area contributed by atoms with E-state index in [9.17, 15) is 4.79 Å². The maximum atomic E-state index is 11.8. The minimum atomic E-state index is -0.0615. The zero-order chi connectivity index (χ0) is 11.2. The normalized spacial score (nSPS) is 27.6. The Labute approximate surface area is 96.3 Å². The van der Waals surface area contributed by atoms with E-state index in [1.807, 2.05) is 0 Å². The van der Waals surface area contributed by atoms with Gasteiger partial charge in [0.15, 0.2) is 0 Å². The second-order valence-electron chi connectivity index (χ2n) is 4.51. The fourth-order valence-electron chi connectivity index (χ4n) is 2.16. The van der Waals surface area contributed by atoms with Crippen LogP contribution in [-0.4, -0.2) is 51.3 Å². The molecule has 2 heterocycles. The van der Waals surface area contributed by atoms with Crippen LogP contribution in [0.15, 0.2) is 0 Å². The molecule has 2 aliphatic heterocycles. The molecule has 16 heavy (non-hydrogen) atoms. The molecule has 3 N–H and O–H groups in total. The Bertz CT molecular complexity index is 223. The van der Waals surface area contributed by atoms with E-state index in [4.69, 9.17) is 4.74 Å². The molecule has 1 atom stereocenters. The van der Waals surface area contributed by atoms with E-state index < -0.39 is 0 Å². The minimum Gasteiger partial charge on any atom is -0.381 e. The lowest BCUT2D eigenvalue weighted by atomic mass is 10.0. The second-order valence-corrected chi connectivity index (χ2v) is 4.51. The molecule has 0 saturated carbocycles. The van der Waals surface area contributed by atoms with Crippen LogP contribution in [0.1, 0.15) is 12.8 Å². The Kier molecular flexibility index (Phi) is 4.56. The molecule has 0 bridgehead atoms. The number of piperazine rings is 1. The highest BCUT2D eigenvalue weighted by molar-refractivity contribution is 5.82. The highest BCUT2D eigenvalue weighted by Crippen LogP contribution is 2.13. The first-order valence-corrected chi connectivity index (χ1v) is 6.16. The molecule has 1 unspecified atom stereocenters. The third kappa shape index (κ3) is 3.43. The summed E-state index contributed by atoms with van der Waals surface area (Å²) in [7, 11) is 0. The number of carbonyl (C=O) groups is 1. The number of carbonyl (C=O) groups excluding carboxylic acids is 1. The van der Waals surface area contributed by atoms with Crippen LogP contribution in [-0.2, 0) is 9.53 Å². The molecule has 0 spiro atoms. The van der Waals surface area contributed by atoms with E-state index in [1.54, 1.807) is 0 Å². The van der Waals surface area contributed by atoms with Crippen molar-refractivity contribution in [2.45, 2.75) is 18.9 Å². The Hall–Kier alpha value is -0.650. The number of hydrogen-bond donors (Lipinski definition) is 3. The van der Waals surface area contributed by atoms with Crippen LogP contribution >= 0.6 is 0 Å². The summed E-state index contributed by atoms with van der Waals surface area (Å²) in [6.45, 7) is 5.02. The number of amides is 1. The molecule has 0 aromatic heterocycles. The van der Waals surface area contributed by atoms with Gasteiger partial charge in [-0.1, -0.05) is 0 Å². The van der Waals surface area contributed by atoms with Crippen molar-refractivity contribution < 1.29 is 9.53 Å². The molecule has 0 aromatic carbocycles. The summed E-state index contributed by atoms with van der Waals surface area (Å²) in [5, 5.41) is 9.44. The van der Waals surface area contributed by atoms with Crippen LogP contribution in [0, 0.1) is 5.92 Å². The van der Waals surface area contributed by atoms with Gasteiger partial charge in [0.2, 0.25) is 5.91 Å². The average molecular weight is 227 g/mol. The highest BCUT2D eigenvalue weighted by atomic mass is 16.5. The number of nitrogens with one attached hydrogen (secondary N) is 3. The van der Waals surface area contributed by atoms with E-state index in [0.29, 0.717) is 5.92 Å². The largest absolute Gasteiger partial charge is 0.381 e. The Morgan fingerprint density at radius 1 is 1.31 bits per heavy atom. The summed E-state index contributed by atoms with van der Waals surface area (Å²) in [5.74, 6) is 0.716. The van der Waals surface area contributed by atoms with Crippen LogP contribution in [0.2, 0.25) is 0 Å². The predicted octanol–water partition coefficient (Wildman–Crippen LogP) is -0.909. The van der Waals surface area contributed by atoms with Crippen molar-refractivity contribution in [3.8, 4) is 0 Å². The van der Waals surface area contributed by atoms with Gasteiger partial charge in [0, 0.05) is 39.4 Å². The van der Waals surface area contributed by atoms with E-state index in [2.05, 4.69) is 16.0 Å². The van der Waals surface area contributed by atoms with Crippen LogP contribution in [0.3, 0.4) is 0 Å². The summed E-state index contributed by atoms with van der Waals surface area (Å²) in [6, 6.07) is -0.0615. The number of hydrogen-bond acceptors (Lipinski definition) is 4. The summed E-state index contributed by atoms with van der Waals surface area (Å²) in [6.07, 6.45) is 2.13. The fraction of sp³-hybridized carbons (Fsp3) is 0.909. The molecule has 5 nitrogen and oxygen atoms in total. The third-order valence-electron chi connectivity index (χ3n) is 3.26. The zero-order valence-corrected chi connectivity index (χ0v) is 9.63. The van der Waals surface area contributed by atoms with E-state index in [1.165, 1.54) is 0 Å². The number of rotatable bonds is 3. The summed E-state index contributed by atoms with van der Waals surface area (Å²) in [5.41, 5.74) is 0. The van der Waals surface area contributed by atoms with Crippen LogP contribution in [0.4, 0.5) is 0 Å². The SMILES string of the molecule is O=C(NCC1CCOCC1)C1CNCCN1. The zero-order valence-electron chi connectivity index (χ0n) is 9.63. The van der Waals surface area contributed by atoms with Gasteiger partial charge in [0.25, 0.3) is 0 Å². The van der Waals surface area contributed by atoms with Gasteiger partial charge in [-0.15, -0.1) is 0 Å². The van der Waals surface area contributed by atoms with E-state index >= 15 is 0 Å². The lowest BCUT2D eigenvalue weighted by Crippen LogP contribution is -2.56. The lowest BCUT2D eigenvalue weighted by Gasteiger charge is -2.26. The molecule has 2 fully saturated rings. The second kappa shape index (κ2) is 6.18. The summed E-state index contributed by atoms with van der Waals surface area (Å²) in [4.78, 5) is 11.8. The lowest BCUT2D eigenvalue weighted by molar-refractivity contribution is -0.123. The van der Waals surface area contributed by atoms with Gasteiger partial charge >= 0.3 is 0 Å². The first kappa shape index (κ1) is 11.8. The Morgan fingerprint density at radius 2 is 2.12 bits per heavy atom. The van der Waals surface area contributed by atoms with Gasteiger partial charge in [-0.05, 0) is 18.8 Å². The summed E-state index contributed by atoms with van der Waals surface area (Å²) >= 11 is 0. The molecule has 0 radical (unpaired) electrons. The van der Waals surface area contributed by atoms with Crippen LogP contribution < -0.4 is 16.0 Å². The summed E-state index contributed by atoms with van der Waals surface area (Å²) < 4.78 is 5.29. The highest BCUT2D eigenvalue weighted by Gasteiger charge is 2.21. The smallest absolute Gasteiger partial charge is 0.238 e. The monoisotopic (exact) mass is 227 g/mol. The molecule has 2 rings (SSSR count). The Balaban J connectivity index is 1.65. The van der Waals surface area contributed by atoms with Gasteiger partial charge in [0.1, 0.15) is 0 Å². The van der Waals surface area contributed by atoms with Crippen LogP contribution in [0.5, 0.6) is 0 Å². The van der Waals surface area contributed by atoms with E-state index in [0.717, 1.165) is 52.2 Å². The maximum Gasteiger partial charge on any atom is 0.238 e. The molecule has 5 heteroatoms. The molecule has 92 valence electrons. The number of ether oxygens (including phenoxy) is 1. The third-order valence-corrected chi connectivity index (χ3v) is 3.26. The fourth-order valence-corrected chi connectivity index (χ4v) is 2.16. The predicted molar refractivity (Wildman–Crippen MR) is 61.2 cm³/mol. The van der Waals surface area contributed by atoms with Gasteiger partial charge in [-0.25, -0.2) is 0 Å².